The van der Waals surface area contributed by atoms with Crippen LogP contribution in [0.4, 0.5) is 13.2 Å². The van der Waals surface area contributed by atoms with Gasteiger partial charge in [0, 0.05) is 6.20 Å². The van der Waals surface area contributed by atoms with Crippen molar-refractivity contribution in [3.8, 4) is 11.6 Å². The molecule has 6 nitrogen and oxygen atoms in total. The van der Waals surface area contributed by atoms with Gasteiger partial charge in [-0.1, -0.05) is 18.2 Å². The maximum Gasteiger partial charge on any atom is 0.421 e. The Morgan fingerprint density at radius 1 is 1.11 bits per heavy atom. The molecule has 2 heterocycles. The monoisotopic (exact) mass is 402 g/mol. The fraction of sp³-hybridized carbons (Fsp3) is 0.353. The second-order valence-corrected chi connectivity index (χ2v) is 7.98. The zero-order valence-electron chi connectivity index (χ0n) is 14.1. The van der Waals surface area contributed by atoms with Gasteiger partial charge in [0.15, 0.2) is 0 Å². The number of para-hydroxylation sites is 1. The highest BCUT2D eigenvalue weighted by Gasteiger charge is 2.40. The van der Waals surface area contributed by atoms with E-state index in [0.29, 0.717) is 5.75 Å². The highest BCUT2D eigenvalue weighted by atomic mass is 32.2. The first kappa shape index (κ1) is 19.4. The van der Waals surface area contributed by atoms with Crippen LogP contribution in [0.3, 0.4) is 0 Å². The molecule has 1 aromatic heterocycles. The van der Waals surface area contributed by atoms with E-state index in [1.165, 1.54) is 12.3 Å². The van der Waals surface area contributed by atoms with E-state index in [9.17, 15) is 21.6 Å². The molecule has 0 radical (unpaired) electrons. The van der Waals surface area contributed by atoms with Crippen molar-refractivity contribution in [2.75, 3.05) is 25.4 Å². The number of sulfonamides is 1. The van der Waals surface area contributed by atoms with Crippen LogP contribution >= 0.6 is 0 Å². The number of nitrogens with zero attached hydrogens (tertiary/aromatic N) is 2. The lowest BCUT2D eigenvalue weighted by Crippen LogP contribution is -2.57. The number of hydrogen-bond donors (Lipinski definition) is 0. The molecule has 0 unspecified atom stereocenters. The number of ether oxygens (including phenoxy) is 2. The summed E-state index contributed by atoms with van der Waals surface area (Å²) in [7, 11) is -3.57. The molecule has 2 aromatic rings. The molecule has 0 atom stereocenters. The lowest BCUT2D eigenvalue weighted by Gasteiger charge is -2.37. The van der Waals surface area contributed by atoms with Crippen LogP contribution in [-0.4, -0.2) is 49.3 Å². The van der Waals surface area contributed by atoms with Crippen molar-refractivity contribution in [2.24, 2.45) is 0 Å². The summed E-state index contributed by atoms with van der Waals surface area (Å²) in [4.78, 5) is 3.61. The van der Waals surface area contributed by atoms with Crippen LogP contribution in [-0.2, 0) is 16.2 Å². The topological polar surface area (TPSA) is 68.7 Å². The third kappa shape index (κ3) is 4.89. The van der Waals surface area contributed by atoms with Gasteiger partial charge >= 0.3 is 6.18 Å². The largest absolute Gasteiger partial charge is 0.492 e. The van der Waals surface area contributed by atoms with Gasteiger partial charge in [0.05, 0.1) is 18.8 Å². The van der Waals surface area contributed by atoms with Crippen LogP contribution in [0.15, 0.2) is 48.7 Å². The summed E-state index contributed by atoms with van der Waals surface area (Å²) in [5, 5.41) is 0. The molecule has 10 heteroatoms. The van der Waals surface area contributed by atoms with Crippen molar-refractivity contribution in [2.45, 2.75) is 12.3 Å². The zero-order valence-corrected chi connectivity index (χ0v) is 14.9. The van der Waals surface area contributed by atoms with E-state index in [4.69, 9.17) is 9.47 Å². The van der Waals surface area contributed by atoms with Crippen molar-refractivity contribution >= 4 is 10.0 Å². The second kappa shape index (κ2) is 7.73. The normalized spacial score (nSPS) is 16.0. The Bertz CT molecular complexity index is 869. The third-order valence-corrected chi connectivity index (χ3v) is 5.68. The second-order valence-electron chi connectivity index (χ2n) is 5.89. The molecule has 1 aliphatic heterocycles. The maximum absolute atomic E-state index is 12.9. The summed E-state index contributed by atoms with van der Waals surface area (Å²) in [6.07, 6.45) is -4.07. The first-order chi connectivity index (χ1) is 12.8. The molecule has 0 amide bonds. The van der Waals surface area contributed by atoms with Gasteiger partial charge in [0.1, 0.15) is 24.0 Å². The molecule has 0 aliphatic carbocycles. The minimum absolute atomic E-state index is 0.0210. The van der Waals surface area contributed by atoms with Gasteiger partial charge in [-0.3, -0.25) is 0 Å². The van der Waals surface area contributed by atoms with E-state index >= 15 is 0 Å². The summed E-state index contributed by atoms with van der Waals surface area (Å²) in [5.41, 5.74) is -0.984. The molecule has 1 saturated heterocycles. The van der Waals surface area contributed by atoms with E-state index < -0.39 is 33.7 Å². The molecule has 1 fully saturated rings. The molecule has 3 rings (SSSR count). The first-order valence-corrected chi connectivity index (χ1v) is 9.71. The lowest BCUT2D eigenvalue weighted by molar-refractivity contribution is -0.140. The van der Waals surface area contributed by atoms with Gasteiger partial charge < -0.3 is 9.47 Å². The summed E-state index contributed by atoms with van der Waals surface area (Å²) in [6, 6.07) is 10.8. The van der Waals surface area contributed by atoms with E-state index in [1.807, 2.05) is 6.07 Å². The summed E-state index contributed by atoms with van der Waals surface area (Å²) in [6.45, 7) is -0.0735. The fourth-order valence-corrected chi connectivity index (χ4v) is 3.81. The zero-order chi connectivity index (χ0) is 19.5. The molecule has 27 heavy (non-hydrogen) atoms. The molecular formula is C17H17F3N2O4S. The number of pyridine rings is 1. The molecule has 1 aliphatic rings. The van der Waals surface area contributed by atoms with Crippen LogP contribution in [0.2, 0.25) is 0 Å². The SMILES string of the molecule is O=S(=O)(CCOc1ccccc1)N1CC(Oc2ncccc2C(F)(F)F)C1. The molecule has 1 aromatic carbocycles. The Morgan fingerprint density at radius 2 is 1.81 bits per heavy atom. The predicted molar refractivity (Wildman–Crippen MR) is 91.0 cm³/mol. The van der Waals surface area contributed by atoms with Crippen LogP contribution in [0.5, 0.6) is 11.6 Å². The van der Waals surface area contributed by atoms with Crippen molar-refractivity contribution in [1.29, 1.82) is 0 Å². The van der Waals surface area contributed by atoms with E-state index in [0.717, 1.165) is 10.4 Å². The van der Waals surface area contributed by atoms with Gasteiger partial charge in [0.25, 0.3) is 0 Å². The highest BCUT2D eigenvalue weighted by Crippen LogP contribution is 2.35. The number of rotatable bonds is 7. The van der Waals surface area contributed by atoms with Crippen LogP contribution in [0, 0.1) is 0 Å². The molecule has 0 saturated carbocycles. The minimum atomic E-state index is -4.59. The number of hydrogen-bond acceptors (Lipinski definition) is 5. The molecule has 0 spiro atoms. The molecule has 0 N–H and O–H groups in total. The number of aromatic nitrogens is 1. The lowest BCUT2D eigenvalue weighted by atomic mass is 10.2. The Labute approximate surface area is 154 Å². The first-order valence-electron chi connectivity index (χ1n) is 8.10. The summed E-state index contributed by atoms with van der Waals surface area (Å²) in [5.74, 6) is -0.210. The van der Waals surface area contributed by atoms with E-state index in [2.05, 4.69) is 4.98 Å². The van der Waals surface area contributed by atoms with Gasteiger partial charge in [-0.25, -0.2) is 13.4 Å². The molecular weight excluding hydrogens is 385 g/mol. The fourth-order valence-electron chi connectivity index (χ4n) is 2.47. The number of benzene rings is 1. The van der Waals surface area contributed by atoms with Crippen LogP contribution in [0.1, 0.15) is 5.56 Å². The van der Waals surface area contributed by atoms with Gasteiger partial charge in [0.2, 0.25) is 15.9 Å². The third-order valence-electron chi connectivity index (χ3n) is 3.92. The quantitative estimate of drug-likeness (QED) is 0.712. The standard InChI is InChI=1S/C17H17F3N2O4S/c18-17(19,20)15-7-4-8-21-16(15)26-14-11-22(12-14)27(23,24)10-9-25-13-5-2-1-3-6-13/h1-8,14H,9-12H2. The van der Waals surface area contributed by atoms with Crippen molar-refractivity contribution in [1.82, 2.24) is 9.29 Å². The Balaban J connectivity index is 1.50. The minimum Gasteiger partial charge on any atom is -0.492 e. The smallest absolute Gasteiger partial charge is 0.421 e. The highest BCUT2D eigenvalue weighted by molar-refractivity contribution is 7.89. The Morgan fingerprint density at radius 3 is 2.48 bits per heavy atom. The molecule has 0 bridgehead atoms. The van der Waals surface area contributed by atoms with Crippen molar-refractivity contribution in [3.05, 3.63) is 54.2 Å². The van der Waals surface area contributed by atoms with Gasteiger partial charge in [-0.05, 0) is 24.3 Å². The average molecular weight is 402 g/mol. The molecule has 146 valence electrons. The predicted octanol–water partition coefficient (Wildman–Crippen LogP) is 2.57. The van der Waals surface area contributed by atoms with Gasteiger partial charge in [-0.15, -0.1) is 0 Å². The summed E-state index contributed by atoms with van der Waals surface area (Å²) < 4.78 is 75.0. The number of halogens is 3. The van der Waals surface area contributed by atoms with Crippen LogP contribution < -0.4 is 9.47 Å². The maximum atomic E-state index is 12.9. The van der Waals surface area contributed by atoms with E-state index in [1.54, 1.807) is 24.3 Å². The summed E-state index contributed by atoms with van der Waals surface area (Å²) >= 11 is 0. The Kier molecular flexibility index (Phi) is 5.56. The average Bonchev–Trinajstić information content (AvgIpc) is 2.58. The van der Waals surface area contributed by atoms with Gasteiger partial charge in [-0.2, -0.15) is 17.5 Å². The van der Waals surface area contributed by atoms with E-state index in [-0.39, 0.29) is 25.4 Å². The van der Waals surface area contributed by atoms with Crippen molar-refractivity contribution in [3.63, 3.8) is 0 Å². The number of alkyl halides is 3. The van der Waals surface area contributed by atoms with Crippen LogP contribution in [0.25, 0.3) is 0 Å². The van der Waals surface area contributed by atoms with Crippen molar-refractivity contribution < 1.29 is 31.1 Å². The Hall–Kier alpha value is -2.33.